The van der Waals surface area contributed by atoms with Gasteiger partial charge < -0.3 is 24.8 Å². The summed E-state index contributed by atoms with van der Waals surface area (Å²) in [5.74, 6) is 2.28. The van der Waals surface area contributed by atoms with Crippen molar-refractivity contribution in [3.05, 3.63) is 47.7 Å². The fourth-order valence-corrected chi connectivity index (χ4v) is 4.75. The average molecular weight is 403 g/mol. The normalized spacial score (nSPS) is 26.3. The van der Waals surface area contributed by atoms with Crippen molar-refractivity contribution < 1.29 is 24.8 Å². The van der Waals surface area contributed by atoms with Crippen LogP contribution in [0, 0.1) is 17.8 Å². The number of hydrogen-bond donors (Lipinski definition) is 3. The van der Waals surface area contributed by atoms with Gasteiger partial charge in [-0.1, -0.05) is 24.1 Å². The van der Waals surface area contributed by atoms with Gasteiger partial charge in [0.05, 0.1) is 25.6 Å². The van der Waals surface area contributed by atoms with E-state index in [4.69, 9.17) is 14.6 Å². The van der Waals surface area contributed by atoms with Crippen LogP contribution in [-0.2, 0) is 0 Å². The monoisotopic (exact) mass is 402 g/mol. The van der Waals surface area contributed by atoms with E-state index in [1.165, 1.54) is 5.57 Å². The lowest BCUT2D eigenvalue weighted by molar-refractivity contribution is 0.109. The molecule has 2 aliphatic rings. The Morgan fingerprint density at radius 3 is 2.83 bits per heavy atom. The Kier molecular flexibility index (Phi) is 8.01. The summed E-state index contributed by atoms with van der Waals surface area (Å²) in [6.07, 6.45) is 10.0. The first-order chi connectivity index (χ1) is 14.1. The van der Waals surface area contributed by atoms with Gasteiger partial charge in [-0.2, -0.15) is 0 Å². The molecule has 0 amide bonds. The van der Waals surface area contributed by atoms with Gasteiger partial charge in [0.2, 0.25) is 0 Å². The first kappa shape index (κ1) is 21.7. The molecule has 1 aromatic carbocycles. The van der Waals surface area contributed by atoms with Crippen molar-refractivity contribution in [2.24, 2.45) is 17.8 Å². The number of aliphatic hydroxyl groups excluding tert-OH is 3. The number of allylic oxidation sites excluding steroid dienone is 2. The van der Waals surface area contributed by atoms with Crippen LogP contribution in [0.3, 0.4) is 0 Å². The minimum Gasteiger partial charge on any atom is -0.512 e. The Balaban J connectivity index is 1.48. The highest BCUT2D eigenvalue weighted by molar-refractivity contribution is 5.32. The van der Waals surface area contributed by atoms with E-state index in [0.29, 0.717) is 30.6 Å². The Bertz CT molecular complexity index is 711. The number of methoxy groups -OCH3 is 1. The Morgan fingerprint density at radius 2 is 2.03 bits per heavy atom. The van der Waals surface area contributed by atoms with Gasteiger partial charge in [0, 0.05) is 25.0 Å². The van der Waals surface area contributed by atoms with Crippen molar-refractivity contribution >= 4 is 0 Å². The van der Waals surface area contributed by atoms with Gasteiger partial charge >= 0.3 is 0 Å². The molecule has 1 aromatic rings. The molecule has 0 heterocycles. The van der Waals surface area contributed by atoms with Gasteiger partial charge in [-0.3, -0.25) is 0 Å². The number of benzene rings is 1. The molecular formula is C24H34O5. The second kappa shape index (κ2) is 10.7. The highest BCUT2D eigenvalue weighted by Crippen LogP contribution is 2.49. The molecule has 1 saturated carbocycles. The van der Waals surface area contributed by atoms with Crippen LogP contribution >= 0.6 is 0 Å². The summed E-state index contributed by atoms with van der Waals surface area (Å²) in [5, 5.41) is 30.0. The Morgan fingerprint density at radius 1 is 1.21 bits per heavy atom. The summed E-state index contributed by atoms with van der Waals surface area (Å²) < 4.78 is 10.9. The van der Waals surface area contributed by atoms with E-state index >= 15 is 0 Å². The van der Waals surface area contributed by atoms with E-state index in [0.717, 1.165) is 50.0 Å². The highest BCUT2D eigenvalue weighted by atomic mass is 16.5. The van der Waals surface area contributed by atoms with Crippen LogP contribution in [0.4, 0.5) is 0 Å². The van der Waals surface area contributed by atoms with E-state index < -0.39 is 6.10 Å². The summed E-state index contributed by atoms with van der Waals surface area (Å²) in [4.78, 5) is 0. The van der Waals surface area contributed by atoms with Crippen LogP contribution in [0.15, 0.2) is 47.7 Å². The number of unbranched alkanes of at least 4 members (excludes halogenated alkanes) is 2. The largest absolute Gasteiger partial charge is 0.512 e. The number of rotatable bonds is 11. The predicted molar refractivity (Wildman–Crippen MR) is 113 cm³/mol. The number of hydrogen-bond acceptors (Lipinski definition) is 5. The summed E-state index contributed by atoms with van der Waals surface area (Å²) in [7, 11) is 1.62. The van der Waals surface area contributed by atoms with Gasteiger partial charge in [-0.15, -0.1) is 0 Å². The fraction of sp³-hybridized carbons (Fsp3) is 0.583. The number of fused-ring (bicyclic) bond motifs is 1. The number of ether oxygens (including phenoxy) is 2. The molecule has 0 spiro atoms. The van der Waals surface area contributed by atoms with E-state index in [9.17, 15) is 10.2 Å². The third kappa shape index (κ3) is 5.77. The lowest BCUT2D eigenvalue weighted by Gasteiger charge is -2.21. The maximum atomic E-state index is 10.7. The van der Waals surface area contributed by atoms with Crippen molar-refractivity contribution in [2.45, 2.75) is 51.0 Å². The van der Waals surface area contributed by atoms with E-state index in [1.807, 2.05) is 24.3 Å². The fourth-order valence-electron chi connectivity index (χ4n) is 4.75. The summed E-state index contributed by atoms with van der Waals surface area (Å²) in [6.45, 7) is 0.723. The Labute approximate surface area is 173 Å². The van der Waals surface area contributed by atoms with Crippen molar-refractivity contribution in [3.8, 4) is 11.5 Å². The first-order valence-electron chi connectivity index (χ1n) is 10.8. The molecule has 3 N–H and O–H groups in total. The van der Waals surface area contributed by atoms with E-state index in [2.05, 4.69) is 6.08 Å². The molecular weight excluding hydrogens is 368 g/mol. The summed E-state index contributed by atoms with van der Waals surface area (Å²) in [6, 6.07) is 7.46. The van der Waals surface area contributed by atoms with Crippen LogP contribution in [0.1, 0.15) is 44.9 Å². The number of aliphatic hydroxyl groups is 3. The van der Waals surface area contributed by atoms with Crippen LogP contribution < -0.4 is 9.47 Å². The van der Waals surface area contributed by atoms with Crippen LogP contribution in [0.2, 0.25) is 0 Å². The molecule has 0 unspecified atom stereocenters. The molecule has 0 radical (unpaired) electrons. The maximum absolute atomic E-state index is 10.7. The smallest absolute Gasteiger partial charge is 0.122 e. The quantitative estimate of drug-likeness (QED) is 0.290. The van der Waals surface area contributed by atoms with Gasteiger partial charge in [0.25, 0.3) is 0 Å². The molecule has 1 fully saturated rings. The molecule has 5 nitrogen and oxygen atoms in total. The zero-order valence-electron chi connectivity index (χ0n) is 17.3. The van der Waals surface area contributed by atoms with Crippen LogP contribution in [0.5, 0.6) is 11.5 Å². The minimum atomic E-state index is -0.479. The molecule has 3 rings (SSSR count). The van der Waals surface area contributed by atoms with Crippen molar-refractivity contribution in [3.63, 3.8) is 0 Å². The summed E-state index contributed by atoms with van der Waals surface area (Å²) >= 11 is 0. The molecule has 0 aliphatic heterocycles. The molecule has 29 heavy (non-hydrogen) atoms. The maximum Gasteiger partial charge on any atom is 0.122 e. The van der Waals surface area contributed by atoms with Gasteiger partial charge in [-0.25, -0.2) is 0 Å². The zero-order valence-corrected chi connectivity index (χ0v) is 17.3. The molecule has 5 heteroatoms. The molecule has 160 valence electrons. The standard InChI is InChI=1S/C24H34O5/c1-28-19-8-5-9-20(16-19)29-12-6-10-22(26)24-21-14-17(7-3-2-4-11-25)13-18(21)15-23(24)27/h5,8-10,13,16,18,21,23-27H,2-4,6-7,11-12,14-15H2,1H3/t18-,21-,23-,24+/m1/s1. The SMILES string of the molecule is COc1cccc(OCCC=C(O)[C@@H]2[C@@H]3CC(CCCCCO)=C[C@@H]3C[C@H]2O)c1. The molecule has 2 aliphatic carbocycles. The summed E-state index contributed by atoms with van der Waals surface area (Å²) in [5.41, 5.74) is 1.45. The van der Waals surface area contributed by atoms with Gasteiger partial charge in [0.15, 0.2) is 0 Å². The van der Waals surface area contributed by atoms with E-state index in [1.54, 1.807) is 13.2 Å². The topological polar surface area (TPSA) is 79.2 Å². The Hall–Kier alpha value is -1.98. The van der Waals surface area contributed by atoms with Gasteiger partial charge in [0.1, 0.15) is 11.5 Å². The zero-order chi connectivity index (χ0) is 20.6. The molecule has 0 aromatic heterocycles. The lowest BCUT2D eigenvalue weighted by Crippen LogP contribution is -2.22. The second-order valence-corrected chi connectivity index (χ2v) is 8.16. The second-order valence-electron chi connectivity index (χ2n) is 8.16. The average Bonchev–Trinajstić information content (AvgIpc) is 3.24. The van der Waals surface area contributed by atoms with Gasteiger partial charge in [-0.05, 0) is 62.1 Å². The minimum absolute atomic E-state index is 0.178. The molecule has 0 bridgehead atoms. The molecule has 4 atom stereocenters. The van der Waals surface area contributed by atoms with Crippen molar-refractivity contribution in [1.29, 1.82) is 0 Å². The molecule has 0 saturated heterocycles. The third-order valence-electron chi connectivity index (χ3n) is 6.17. The van der Waals surface area contributed by atoms with Crippen LogP contribution in [0.25, 0.3) is 0 Å². The highest BCUT2D eigenvalue weighted by Gasteiger charge is 2.46. The van der Waals surface area contributed by atoms with E-state index in [-0.39, 0.29) is 12.5 Å². The lowest BCUT2D eigenvalue weighted by atomic mass is 9.87. The third-order valence-corrected chi connectivity index (χ3v) is 6.17. The first-order valence-corrected chi connectivity index (χ1v) is 10.8. The van der Waals surface area contributed by atoms with Crippen LogP contribution in [-0.4, -0.2) is 41.7 Å². The predicted octanol–water partition coefficient (Wildman–Crippen LogP) is 4.40. The van der Waals surface area contributed by atoms with Crippen molar-refractivity contribution in [1.82, 2.24) is 0 Å². The van der Waals surface area contributed by atoms with Crippen molar-refractivity contribution in [2.75, 3.05) is 20.3 Å².